The number of rotatable bonds is 9. The maximum absolute atomic E-state index is 13.0. The van der Waals surface area contributed by atoms with Crippen LogP contribution in [0.1, 0.15) is 27.3 Å². The summed E-state index contributed by atoms with van der Waals surface area (Å²) in [4.78, 5) is 13.0. The first-order valence-electron chi connectivity index (χ1n) is 11.0. The minimum absolute atomic E-state index is 0.116. The minimum atomic E-state index is -0.319. The zero-order valence-electron chi connectivity index (χ0n) is 19.9. The molecule has 186 valence electrons. The summed E-state index contributed by atoms with van der Waals surface area (Å²) in [7, 11) is 3.06. The molecule has 0 saturated heterocycles. The van der Waals surface area contributed by atoms with E-state index in [2.05, 4.69) is 40.6 Å². The van der Waals surface area contributed by atoms with E-state index in [-0.39, 0.29) is 12.5 Å². The second-order valence-corrected chi connectivity index (χ2v) is 9.64. The van der Waals surface area contributed by atoms with Crippen LogP contribution in [0.5, 0.6) is 11.5 Å². The van der Waals surface area contributed by atoms with E-state index in [4.69, 9.17) is 32.7 Å². The van der Waals surface area contributed by atoms with Crippen molar-refractivity contribution in [1.29, 1.82) is 0 Å². The van der Waals surface area contributed by atoms with Gasteiger partial charge in [0.2, 0.25) is 0 Å². The van der Waals surface area contributed by atoms with Crippen molar-refractivity contribution in [3.05, 3.63) is 93.2 Å². The first-order valence-corrected chi connectivity index (χ1v) is 12.7. The van der Waals surface area contributed by atoms with Gasteiger partial charge in [-0.2, -0.15) is 0 Å². The molecule has 0 aliphatic rings. The predicted molar refractivity (Wildman–Crippen MR) is 143 cm³/mol. The highest BCUT2D eigenvalue weighted by atomic mass is 35.5. The Balaban J connectivity index is 1.61. The summed E-state index contributed by atoms with van der Waals surface area (Å²) < 4.78 is 12.4. The van der Waals surface area contributed by atoms with Crippen molar-refractivity contribution in [1.82, 2.24) is 20.1 Å². The van der Waals surface area contributed by atoms with Crippen molar-refractivity contribution in [2.75, 3.05) is 14.2 Å². The van der Waals surface area contributed by atoms with Gasteiger partial charge in [0.15, 0.2) is 11.0 Å². The Morgan fingerprint density at radius 2 is 1.86 bits per heavy atom. The summed E-state index contributed by atoms with van der Waals surface area (Å²) >= 11 is 14.2. The van der Waals surface area contributed by atoms with E-state index < -0.39 is 0 Å². The third-order valence-electron chi connectivity index (χ3n) is 5.36. The lowest BCUT2D eigenvalue weighted by Gasteiger charge is -2.14. The molecule has 3 aromatic carbocycles. The molecule has 0 saturated carbocycles. The number of ether oxygens (including phenoxy) is 2. The van der Waals surface area contributed by atoms with Crippen molar-refractivity contribution >= 4 is 40.9 Å². The molecule has 0 aliphatic heterocycles. The highest BCUT2D eigenvalue weighted by Gasteiger charge is 2.19. The van der Waals surface area contributed by atoms with Gasteiger partial charge in [0.25, 0.3) is 5.91 Å². The molecule has 1 aromatic heterocycles. The monoisotopic (exact) mass is 542 g/mol. The largest absolute Gasteiger partial charge is 0.497 e. The molecule has 0 radical (unpaired) electrons. The number of benzene rings is 3. The molecule has 1 heterocycles. The van der Waals surface area contributed by atoms with Crippen LogP contribution in [0.15, 0.2) is 65.8 Å². The third-order valence-corrected chi connectivity index (χ3v) is 6.90. The number of hydrogen-bond donors (Lipinski definition) is 1. The fourth-order valence-electron chi connectivity index (χ4n) is 3.60. The molecule has 7 nitrogen and oxygen atoms in total. The summed E-state index contributed by atoms with van der Waals surface area (Å²) in [6.45, 7) is 2.17. The lowest BCUT2D eigenvalue weighted by molar-refractivity contribution is 0.0946. The second kappa shape index (κ2) is 11.7. The fraction of sp³-hybridized carbons (Fsp3) is 0.192. The number of nitrogens with zero attached hydrogens (tertiary/aromatic N) is 3. The number of aromatic nitrogens is 3. The molecular formula is C26H24Cl2N4O3S. The lowest BCUT2D eigenvalue weighted by atomic mass is 10.1. The third kappa shape index (κ3) is 5.95. The van der Waals surface area contributed by atoms with E-state index in [0.717, 1.165) is 0 Å². The molecule has 4 rings (SSSR count). The van der Waals surface area contributed by atoms with Crippen LogP contribution in [-0.4, -0.2) is 34.9 Å². The van der Waals surface area contributed by atoms with E-state index in [9.17, 15) is 4.79 Å². The van der Waals surface area contributed by atoms with Crippen LogP contribution in [-0.2, 0) is 12.3 Å². The zero-order chi connectivity index (χ0) is 25.7. The minimum Gasteiger partial charge on any atom is -0.497 e. The van der Waals surface area contributed by atoms with Crippen LogP contribution in [0.3, 0.4) is 0 Å². The molecule has 0 atom stereocenters. The number of amides is 1. The topological polar surface area (TPSA) is 78.3 Å². The normalized spacial score (nSPS) is 10.8. The molecule has 4 aromatic rings. The van der Waals surface area contributed by atoms with Crippen LogP contribution < -0.4 is 14.8 Å². The standard InChI is InChI=1S/C26H24Cl2N4O3S/c1-16-5-4-6-17(11-16)15-36-26-31-30-24(32(26)22-10-7-18(27)12-21(22)28)14-29-25(33)20-9-8-19(34-2)13-23(20)35-3/h4-13H,14-15H2,1-3H3,(H,29,33). The maximum Gasteiger partial charge on any atom is 0.255 e. The Bertz CT molecular complexity index is 1390. The average Bonchev–Trinajstić information content (AvgIpc) is 3.28. The zero-order valence-corrected chi connectivity index (χ0v) is 22.2. The quantitative estimate of drug-likeness (QED) is 0.256. The molecule has 36 heavy (non-hydrogen) atoms. The van der Waals surface area contributed by atoms with Crippen molar-refractivity contribution < 1.29 is 14.3 Å². The molecular weight excluding hydrogens is 519 g/mol. The second-order valence-electron chi connectivity index (χ2n) is 7.86. The van der Waals surface area contributed by atoms with Gasteiger partial charge in [0, 0.05) is 16.8 Å². The Morgan fingerprint density at radius 1 is 1.03 bits per heavy atom. The molecule has 0 spiro atoms. The maximum atomic E-state index is 13.0. The number of nitrogens with one attached hydrogen (secondary N) is 1. The van der Waals surface area contributed by atoms with E-state index in [1.807, 2.05) is 16.7 Å². The van der Waals surface area contributed by atoms with Crippen LogP contribution in [0, 0.1) is 6.92 Å². The highest BCUT2D eigenvalue weighted by molar-refractivity contribution is 7.98. The van der Waals surface area contributed by atoms with Gasteiger partial charge in [0.05, 0.1) is 37.0 Å². The number of hydrogen-bond acceptors (Lipinski definition) is 6. The van der Waals surface area contributed by atoms with Gasteiger partial charge in [-0.05, 0) is 42.8 Å². The fourth-order valence-corrected chi connectivity index (χ4v) is 5.00. The Kier molecular flexibility index (Phi) is 8.40. The van der Waals surface area contributed by atoms with Gasteiger partial charge >= 0.3 is 0 Å². The predicted octanol–water partition coefficient (Wildman–Crippen LogP) is 6.12. The van der Waals surface area contributed by atoms with Crippen LogP contribution in [0.4, 0.5) is 0 Å². The average molecular weight is 543 g/mol. The molecule has 1 amide bonds. The first kappa shape index (κ1) is 25.9. The van der Waals surface area contributed by atoms with Crippen molar-refractivity contribution in [3.63, 3.8) is 0 Å². The summed E-state index contributed by atoms with van der Waals surface area (Å²) in [5.41, 5.74) is 3.40. The smallest absolute Gasteiger partial charge is 0.255 e. The van der Waals surface area contributed by atoms with E-state index >= 15 is 0 Å². The lowest BCUT2D eigenvalue weighted by Crippen LogP contribution is -2.25. The molecule has 0 bridgehead atoms. The number of methoxy groups -OCH3 is 2. The van der Waals surface area contributed by atoms with Gasteiger partial charge in [0.1, 0.15) is 11.5 Å². The van der Waals surface area contributed by atoms with Crippen LogP contribution >= 0.6 is 35.0 Å². The van der Waals surface area contributed by atoms with E-state index in [0.29, 0.717) is 49.5 Å². The SMILES string of the molecule is COc1ccc(C(=O)NCc2nnc(SCc3cccc(C)c3)n2-c2ccc(Cl)cc2Cl)c(OC)c1. The molecule has 0 aliphatic carbocycles. The first-order chi connectivity index (χ1) is 17.4. The number of halogens is 2. The Hall–Kier alpha value is -3.20. The van der Waals surface area contributed by atoms with Gasteiger partial charge in [-0.1, -0.05) is 64.8 Å². The van der Waals surface area contributed by atoms with Gasteiger partial charge < -0.3 is 14.8 Å². The van der Waals surface area contributed by atoms with Gasteiger partial charge in [-0.3, -0.25) is 9.36 Å². The van der Waals surface area contributed by atoms with Crippen LogP contribution in [0.25, 0.3) is 5.69 Å². The van der Waals surface area contributed by atoms with Gasteiger partial charge in [-0.15, -0.1) is 10.2 Å². The molecule has 0 fully saturated rings. The number of carbonyl (C=O) groups excluding carboxylic acids is 1. The number of thioether (sulfide) groups is 1. The van der Waals surface area contributed by atoms with E-state index in [1.165, 1.54) is 30.0 Å². The Morgan fingerprint density at radius 3 is 2.58 bits per heavy atom. The summed E-state index contributed by atoms with van der Waals surface area (Å²) in [5.74, 6) is 1.90. The van der Waals surface area contributed by atoms with Crippen molar-refractivity contribution in [2.45, 2.75) is 24.4 Å². The summed E-state index contributed by atoms with van der Waals surface area (Å²) in [5, 5.41) is 13.3. The van der Waals surface area contributed by atoms with Crippen LogP contribution in [0.2, 0.25) is 10.0 Å². The number of carbonyl (C=O) groups is 1. The molecule has 1 N–H and O–H groups in total. The molecule has 0 unspecified atom stereocenters. The Labute approximate surface area is 223 Å². The highest BCUT2D eigenvalue weighted by Crippen LogP contribution is 2.31. The van der Waals surface area contributed by atoms with Crippen molar-refractivity contribution in [3.8, 4) is 17.2 Å². The van der Waals surface area contributed by atoms with Crippen molar-refractivity contribution in [2.24, 2.45) is 0 Å². The summed E-state index contributed by atoms with van der Waals surface area (Å²) in [6.07, 6.45) is 0. The van der Waals surface area contributed by atoms with E-state index in [1.54, 1.807) is 37.4 Å². The number of aryl methyl sites for hydroxylation is 1. The molecule has 10 heteroatoms. The summed E-state index contributed by atoms with van der Waals surface area (Å²) in [6, 6.07) is 18.5. The van der Waals surface area contributed by atoms with Gasteiger partial charge in [-0.25, -0.2) is 0 Å².